The third-order valence-electron chi connectivity index (χ3n) is 5.27. The molecule has 0 fully saturated rings. The summed E-state index contributed by atoms with van der Waals surface area (Å²) in [6.45, 7) is 22.1. The van der Waals surface area contributed by atoms with Crippen LogP contribution in [0.1, 0.15) is 74.3 Å². The van der Waals surface area contributed by atoms with Crippen LogP contribution in [0, 0.1) is 17.3 Å². The third-order valence-corrected chi connectivity index (χ3v) is 5.27. The standard InChI is InChI=1S/C12H16O.C12H22O/c1-10(13)9-12(2,3)11-7-5-4-6-8-11;1-8(9(2)11(4)13)10(3)12(5,6)7/h4-8H,9H2,1-3H3;9-10H,1H2,2-7H3. The summed E-state index contributed by atoms with van der Waals surface area (Å²) in [5.74, 6) is 0.829. The van der Waals surface area contributed by atoms with Crippen molar-refractivity contribution in [3.8, 4) is 0 Å². The summed E-state index contributed by atoms with van der Waals surface area (Å²) in [7, 11) is 0. The molecule has 0 N–H and O–H groups in total. The van der Waals surface area contributed by atoms with Crippen molar-refractivity contribution < 1.29 is 9.59 Å². The molecule has 2 nitrogen and oxygen atoms in total. The van der Waals surface area contributed by atoms with Gasteiger partial charge in [-0.25, -0.2) is 0 Å². The van der Waals surface area contributed by atoms with E-state index in [0.717, 1.165) is 5.57 Å². The van der Waals surface area contributed by atoms with Gasteiger partial charge in [0.1, 0.15) is 11.6 Å². The summed E-state index contributed by atoms with van der Waals surface area (Å²) in [5, 5.41) is 0. The molecule has 26 heavy (non-hydrogen) atoms. The van der Waals surface area contributed by atoms with Crippen LogP contribution >= 0.6 is 0 Å². The maximum atomic E-state index is 11.2. The molecule has 2 heteroatoms. The van der Waals surface area contributed by atoms with Gasteiger partial charge in [-0.15, -0.1) is 0 Å². The molecule has 0 radical (unpaired) electrons. The molecule has 0 bridgehead atoms. The Kier molecular flexibility index (Phi) is 9.20. The monoisotopic (exact) mass is 358 g/mol. The average molecular weight is 359 g/mol. The number of hydrogen-bond donors (Lipinski definition) is 0. The first-order valence-corrected chi connectivity index (χ1v) is 9.44. The molecule has 0 aliphatic heterocycles. The summed E-state index contributed by atoms with van der Waals surface area (Å²) < 4.78 is 0. The Balaban J connectivity index is 0.000000481. The zero-order valence-electron chi connectivity index (χ0n) is 18.3. The van der Waals surface area contributed by atoms with E-state index in [1.54, 1.807) is 13.8 Å². The van der Waals surface area contributed by atoms with Crippen LogP contribution in [-0.2, 0) is 15.0 Å². The van der Waals surface area contributed by atoms with Crippen LogP contribution in [-0.4, -0.2) is 11.6 Å². The molecule has 1 aromatic carbocycles. The topological polar surface area (TPSA) is 34.1 Å². The molecule has 0 saturated heterocycles. The van der Waals surface area contributed by atoms with Crippen molar-refractivity contribution >= 4 is 11.6 Å². The van der Waals surface area contributed by atoms with Crippen LogP contribution in [0.3, 0.4) is 0 Å². The average Bonchev–Trinajstić information content (AvgIpc) is 2.52. The van der Waals surface area contributed by atoms with Gasteiger partial charge in [0, 0.05) is 12.3 Å². The van der Waals surface area contributed by atoms with Crippen molar-refractivity contribution in [2.45, 2.75) is 74.1 Å². The molecule has 2 unspecified atom stereocenters. The van der Waals surface area contributed by atoms with Crippen molar-refractivity contribution in [2.24, 2.45) is 17.3 Å². The van der Waals surface area contributed by atoms with Crippen LogP contribution in [0.4, 0.5) is 0 Å². The second kappa shape index (κ2) is 9.85. The minimum Gasteiger partial charge on any atom is -0.300 e. The number of benzene rings is 1. The highest BCUT2D eigenvalue weighted by Crippen LogP contribution is 2.34. The van der Waals surface area contributed by atoms with E-state index in [1.807, 2.05) is 25.1 Å². The molecule has 0 aliphatic carbocycles. The first-order chi connectivity index (χ1) is 11.7. The fraction of sp³-hybridized carbons (Fsp3) is 0.583. The SMILES string of the molecule is C=C(C(C)C(C)=O)C(C)C(C)(C)C.CC(=O)CC(C)(C)c1ccccc1. The Morgan fingerprint density at radius 2 is 1.42 bits per heavy atom. The number of hydrogen-bond acceptors (Lipinski definition) is 2. The number of ketones is 2. The molecular formula is C24H38O2. The van der Waals surface area contributed by atoms with E-state index >= 15 is 0 Å². The Hall–Kier alpha value is -1.70. The van der Waals surface area contributed by atoms with E-state index in [2.05, 4.69) is 60.3 Å². The number of rotatable bonds is 6. The normalized spacial score (nSPS) is 13.9. The number of allylic oxidation sites excluding steroid dienone is 1. The highest BCUT2D eigenvalue weighted by atomic mass is 16.1. The van der Waals surface area contributed by atoms with Gasteiger partial charge >= 0.3 is 0 Å². The summed E-state index contributed by atoms with van der Waals surface area (Å²) in [5.41, 5.74) is 2.44. The molecular weight excluding hydrogens is 320 g/mol. The first-order valence-electron chi connectivity index (χ1n) is 9.44. The van der Waals surface area contributed by atoms with Gasteiger partial charge in [-0.1, -0.05) is 91.0 Å². The Labute approximate surface area is 161 Å². The maximum Gasteiger partial charge on any atom is 0.136 e. The van der Waals surface area contributed by atoms with Crippen LogP contribution in [0.25, 0.3) is 0 Å². The molecule has 146 valence electrons. The number of carbonyl (C=O) groups excluding carboxylic acids is 2. The first kappa shape index (κ1) is 24.3. The smallest absolute Gasteiger partial charge is 0.136 e. The van der Waals surface area contributed by atoms with Gasteiger partial charge in [0.05, 0.1) is 0 Å². The summed E-state index contributed by atoms with van der Waals surface area (Å²) in [4.78, 5) is 22.2. The van der Waals surface area contributed by atoms with Gasteiger partial charge in [-0.05, 0) is 36.2 Å². The Bertz CT molecular complexity index is 603. The molecule has 1 aromatic rings. The maximum absolute atomic E-state index is 11.2. The molecule has 1 rings (SSSR count). The largest absolute Gasteiger partial charge is 0.300 e. The molecule has 0 heterocycles. The van der Waals surface area contributed by atoms with E-state index in [-0.39, 0.29) is 28.3 Å². The fourth-order valence-electron chi connectivity index (χ4n) is 2.81. The molecule has 0 spiro atoms. The number of carbonyl (C=O) groups is 2. The zero-order chi connectivity index (χ0) is 20.7. The lowest BCUT2D eigenvalue weighted by Crippen LogP contribution is -2.24. The van der Waals surface area contributed by atoms with E-state index in [4.69, 9.17) is 0 Å². The van der Waals surface area contributed by atoms with Crippen molar-refractivity contribution in [2.75, 3.05) is 0 Å². The molecule has 0 amide bonds. The van der Waals surface area contributed by atoms with E-state index in [9.17, 15) is 9.59 Å². The minimum absolute atomic E-state index is 0.00535. The van der Waals surface area contributed by atoms with Gasteiger partial charge in [0.25, 0.3) is 0 Å². The van der Waals surface area contributed by atoms with Crippen LogP contribution in [0.5, 0.6) is 0 Å². The summed E-state index contributed by atoms with van der Waals surface area (Å²) in [6, 6.07) is 10.2. The fourth-order valence-corrected chi connectivity index (χ4v) is 2.81. The van der Waals surface area contributed by atoms with E-state index < -0.39 is 0 Å². The van der Waals surface area contributed by atoms with Gasteiger partial charge < -0.3 is 0 Å². The lowest BCUT2D eigenvalue weighted by molar-refractivity contribution is -0.119. The highest BCUT2D eigenvalue weighted by molar-refractivity contribution is 5.80. The molecule has 0 aromatic heterocycles. The number of Topliss-reactive ketones (excluding diaryl/α,β-unsaturated/α-hetero) is 2. The van der Waals surface area contributed by atoms with Gasteiger partial charge in [0.2, 0.25) is 0 Å². The lowest BCUT2D eigenvalue weighted by atomic mass is 9.74. The van der Waals surface area contributed by atoms with Crippen LogP contribution in [0.15, 0.2) is 42.5 Å². The highest BCUT2D eigenvalue weighted by Gasteiger charge is 2.26. The molecule has 2 atom stereocenters. The quantitative estimate of drug-likeness (QED) is 0.552. The van der Waals surface area contributed by atoms with Crippen molar-refractivity contribution in [1.29, 1.82) is 0 Å². The predicted octanol–water partition coefficient (Wildman–Crippen LogP) is 6.39. The van der Waals surface area contributed by atoms with Crippen molar-refractivity contribution in [3.63, 3.8) is 0 Å². The van der Waals surface area contributed by atoms with Crippen LogP contribution < -0.4 is 0 Å². The second-order valence-corrected chi connectivity index (χ2v) is 9.12. The summed E-state index contributed by atoms with van der Waals surface area (Å²) >= 11 is 0. The van der Waals surface area contributed by atoms with Crippen LogP contribution in [0.2, 0.25) is 0 Å². The van der Waals surface area contributed by atoms with Gasteiger partial charge in [0.15, 0.2) is 0 Å². The van der Waals surface area contributed by atoms with Crippen molar-refractivity contribution in [1.82, 2.24) is 0 Å². The molecule has 0 aliphatic rings. The lowest BCUT2D eigenvalue weighted by Gasteiger charge is -2.31. The van der Waals surface area contributed by atoms with Gasteiger partial charge in [-0.3, -0.25) is 9.59 Å². The predicted molar refractivity (Wildman–Crippen MR) is 112 cm³/mol. The van der Waals surface area contributed by atoms with E-state index in [1.165, 1.54) is 5.56 Å². The zero-order valence-corrected chi connectivity index (χ0v) is 18.3. The summed E-state index contributed by atoms with van der Waals surface area (Å²) in [6.07, 6.45) is 0.608. The second-order valence-electron chi connectivity index (χ2n) is 9.12. The Morgan fingerprint density at radius 3 is 1.77 bits per heavy atom. The van der Waals surface area contributed by atoms with Crippen molar-refractivity contribution in [3.05, 3.63) is 48.0 Å². The third kappa shape index (κ3) is 8.12. The molecule has 0 saturated carbocycles. The minimum atomic E-state index is -0.0346. The Morgan fingerprint density at radius 1 is 0.962 bits per heavy atom. The van der Waals surface area contributed by atoms with E-state index in [0.29, 0.717) is 12.3 Å². The van der Waals surface area contributed by atoms with Gasteiger partial charge in [-0.2, -0.15) is 0 Å².